The highest BCUT2D eigenvalue weighted by atomic mass is 35.5. The minimum absolute atomic E-state index is 0.116. The van der Waals surface area contributed by atoms with Crippen molar-refractivity contribution in [1.82, 2.24) is 14.5 Å². The van der Waals surface area contributed by atoms with Gasteiger partial charge in [-0.25, -0.2) is 4.31 Å². The highest BCUT2D eigenvalue weighted by Gasteiger charge is 2.44. The highest BCUT2D eigenvalue weighted by Crippen LogP contribution is 2.41. The van der Waals surface area contributed by atoms with Gasteiger partial charge < -0.3 is 0 Å². The lowest BCUT2D eigenvalue weighted by Crippen LogP contribution is -2.32. The summed E-state index contributed by atoms with van der Waals surface area (Å²) in [7, 11) is 1.37. The monoisotopic (exact) mass is 333 g/mol. The first-order chi connectivity index (χ1) is 9.88. The van der Waals surface area contributed by atoms with Crippen LogP contribution in [0.5, 0.6) is 0 Å². The third-order valence-corrected chi connectivity index (χ3v) is 3.80. The lowest BCUT2D eigenvalue weighted by molar-refractivity contribution is -0.169. The summed E-state index contributed by atoms with van der Waals surface area (Å²) >= 11 is 6.61. The van der Waals surface area contributed by atoms with E-state index in [1.165, 1.54) is 37.5 Å². The van der Waals surface area contributed by atoms with Gasteiger partial charge in [-0.1, -0.05) is 23.7 Å². The lowest BCUT2D eigenvalue weighted by Gasteiger charge is -2.28. The van der Waals surface area contributed by atoms with Gasteiger partial charge in [0.05, 0.1) is 0 Å². The number of aromatic nitrogens is 2. The van der Waals surface area contributed by atoms with Crippen molar-refractivity contribution in [2.24, 2.45) is 0 Å². The zero-order valence-corrected chi connectivity index (χ0v) is 12.5. The number of halogens is 4. The average molecular weight is 334 g/mol. The summed E-state index contributed by atoms with van der Waals surface area (Å²) in [6, 6.07) is 7.08. The van der Waals surface area contributed by atoms with E-state index in [1.807, 2.05) is 0 Å². The van der Waals surface area contributed by atoms with Crippen molar-refractivity contribution in [3.8, 4) is 0 Å². The van der Waals surface area contributed by atoms with Crippen LogP contribution in [-0.2, 0) is 0 Å². The smallest absolute Gasteiger partial charge is 0.232 e. The third-order valence-electron chi connectivity index (χ3n) is 2.64. The molecular formula is C13H11ClF3N3S. The van der Waals surface area contributed by atoms with E-state index in [0.717, 1.165) is 16.3 Å². The molecule has 0 fully saturated rings. The summed E-state index contributed by atoms with van der Waals surface area (Å²) < 4.78 is 41.1. The molecule has 0 saturated carbocycles. The van der Waals surface area contributed by atoms with Gasteiger partial charge in [-0.2, -0.15) is 18.3 Å². The van der Waals surface area contributed by atoms with E-state index in [-0.39, 0.29) is 5.56 Å². The van der Waals surface area contributed by atoms with Crippen molar-refractivity contribution in [3.63, 3.8) is 0 Å². The Kier molecular flexibility index (Phi) is 5.08. The van der Waals surface area contributed by atoms with Crippen LogP contribution in [0.15, 0.2) is 47.6 Å². The minimum Gasteiger partial charge on any atom is -0.232 e. The van der Waals surface area contributed by atoms with E-state index in [1.54, 1.807) is 12.1 Å². The van der Waals surface area contributed by atoms with Gasteiger partial charge in [0.2, 0.25) is 0 Å². The molecule has 0 spiro atoms. The van der Waals surface area contributed by atoms with Crippen molar-refractivity contribution in [2.75, 3.05) is 7.05 Å². The molecule has 1 heterocycles. The quantitative estimate of drug-likeness (QED) is 0.777. The van der Waals surface area contributed by atoms with Gasteiger partial charge in [-0.15, -0.1) is 5.10 Å². The van der Waals surface area contributed by atoms with Gasteiger partial charge >= 0.3 is 6.18 Å². The Morgan fingerprint density at radius 2 is 1.86 bits per heavy atom. The van der Waals surface area contributed by atoms with Crippen LogP contribution in [0, 0.1) is 0 Å². The Morgan fingerprint density at radius 1 is 1.19 bits per heavy atom. The molecule has 0 aliphatic heterocycles. The van der Waals surface area contributed by atoms with Crippen LogP contribution < -0.4 is 0 Å². The van der Waals surface area contributed by atoms with Crippen LogP contribution in [0.2, 0.25) is 5.02 Å². The van der Waals surface area contributed by atoms with Gasteiger partial charge in [0, 0.05) is 11.2 Å². The first kappa shape index (κ1) is 16.1. The first-order valence-corrected chi connectivity index (χ1v) is 7.04. The van der Waals surface area contributed by atoms with Crippen LogP contribution in [-0.4, -0.2) is 27.7 Å². The summed E-state index contributed by atoms with van der Waals surface area (Å²) in [4.78, 5) is 0. The van der Waals surface area contributed by atoms with E-state index in [0.29, 0.717) is 10.0 Å². The number of rotatable bonds is 4. The second-order valence-electron chi connectivity index (χ2n) is 4.20. The van der Waals surface area contributed by atoms with Crippen molar-refractivity contribution < 1.29 is 13.2 Å². The van der Waals surface area contributed by atoms with Crippen molar-refractivity contribution in [2.45, 2.75) is 17.2 Å². The Balaban J connectivity index is 2.26. The Bertz CT molecular complexity index is 577. The second kappa shape index (κ2) is 6.64. The molecule has 0 radical (unpaired) electrons. The summed E-state index contributed by atoms with van der Waals surface area (Å²) in [5.74, 6) is 0. The molecule has 2 aromatic rings. The summed E-state index contributed by atoms with van der Waals surface area (Å²) in [6.07, 6.45) is -2.96. The maximum absolute atomic E-state index is 13.3. The fourth-order valence-electron chi connectivity index (χ4n) is 1.79. The van der Waals surface area contributed by atoms with E-state index in [2.05, 4.69) is 10.2 Å². The fraction of sp³-hybridized carbons (Fsp3) is 0.231. The normalized spacial score (nSPS) is 13.4. The maximum Gasteiger partial charge on any atom is 0.408 e. The molecular weight excluding hydrogens is 323 g/mol. The molecule has 3 nitrogen and oxygen atoms in total. The highest BCUT2D eigenvalue weighted by molar-refractivity contribution is 7.97. The number of hydrogen-bond acceptors (Lipinski definition) is 4. The zero-order valence-electron chi connectivity index (χ0n) is 10.9. The molecule has 112 valence electrons. The van der Waals surface area contributed by atoms with Crippen LogP contribution in [0.25, 0.3) is 0 Å². The minimum atomic E-state index is -4.42. The summed E-state index contributed by atoms with van der Waals surface area (Å²) in [5.41, 5.74) is 0.116. The van der Waals surface area contributed by atoms with Gasteiger partial charge in [0.15, 0.2) is 0 Å². The van der Waals surface area contributed by atoms with Crippen LogP contribution >= 0.6 is 23.5 Å². The maximum atomic E-state index is 13.3. The molecule has 0 aliphatic rings. The fourth-order valence-corrected chi connectivity index (χ4v) is 2.78. The molecule has 21 heavy (non-hydrogen) atoms. The number of hydrogen-bond donors (Lipinski definition) is 0. The molecule has 8 heteroatoms. The van der Waals surface area contributed by atoms with Gasteiger partial charge in [-0.3, -0.25) is 0 Å². The second-order valence-corrected chi connectivity index (χ2v) is 5.81. The van der Waals surface area contributed by atoms with Crippen LogP contribution in [0.4, 0.5) is 13.2 Å². The average Bonchev–Trinajstić information content (AvgIpc) is 2.41. The van der Waals surface area contributed by atoms with E-state index >= 15 is 0 Å². The molecule has 0 bridgehead atoms. The van der Waals surface area contributed by atoms with Crippen molar-refractivity contribution >= 4 is 23.5 Å². The molecule has 1 aromatic heterocycles. The Morgan fingerprint density at radius 3 is 2.38 bits per heavy atom. The van der Waals surface area contributed by atoms with E-state index < -0.39 is 12.2 Å². The lowest BCUT2D eigenvalue weighted by atomic mass is 10.1. The molecule has 0 saturated heterocycles. The SMILES string of the molecule is CN(Sc1cccnn1)C(c1ccc(Cl)cc1)C(F)(F)F. The molecule has 0 aliphatic carbocycles. The largest absolute Gasteiger partial charge is 0.408 e. The van der Waals surface area contributed by atoms with Crippen molar-refractivity contribution in [3.05, 3.63) is 53.2 Å². The van der Waals surface area contributed by atoms with Gasteiger partial charge in [0.1, 0.15) is 11.1 Å². The van der Waals surface area contributed by atoms with Gasteiger partial charge in [0.25, 0.3) is 0 Å². The van der Waals surface area contributed by atoms with E-state index in [9.17, 15) is 13.2 Å². The summed E-state index contributed by atoms with van der Waals surface area (Å²) in [5, 5.41) is 8.21. The van der Waals surface area contributed by atoms with Crippen LogP contribution in [0.1, 0.15) is 11.6 Å². The van der Waals surface area contributed by atoms with Crippen LogP contribution in [0.3, 0.4) is 0 Å². The topological polar surface area (TPSA) is 29.0 Å². The predicted octanol–water partition coefficient (Wildman–Crippen LogP) is 4.37. The molecule has 0 amide bonds. The Labute approximate surface area is 129 Å². The molecule has 1 atom stereocenters. The van der Waals surface area contributed by atoms with Crippen molar-refractivity contribution in [1.29, 1.82) is 0 Å². The van der Waals surface area contributed by atoms with E-state index in [4.69, 9.17) is 11.6 Å². The molecule has 1 aromatic carbocycles. The standard InChI is InChI=1S/C13H11ClF3N3S/c1-20(21-11-3-2-8-18-19-11)12(13(15,16)17)9-4-6-10(14)7-5-9/h2-8,12H,1H3. The first-order valence-electron chi connectivity index (χ1n) is 5.88. The molecule has 2 rings (SSSR count). The molecule has 0 N–H and O–H groups in total. The number of benzene rings is 1. The zero-order chi connectivity index (χ0) is 15.5. The van der Waals surface area contributed by atoms with Gasteiger partial charge in [-0.05, 0) is 48.8 Å². The summed E-state index contributed by atoms with van der Waals surface area (Å²) in [6.45, 7) is 0. The number of alkyl halides is 3. The predicted molar refractivity (Wildman–Crippen MR) is 75.9 cm³/mol. The Hall–Kier alpha value is -1.31. The third kappa shape index (κ3) is 4.33. The number of nitrogens with zero attached hydrogens (tertiary/aromatic N) is 3. The molecule has 1 unspecified atom stereocenters.